The maximum absolute atomic E-state index is 11.4. The quantitative estimate of drug-likeness (QED) is 0.849. The lowest BCUT2D eigenvalue weighted by atomic mass is 10.1. The summed E-state index contributed by atoms with van der Waals surface area (Å²) in [5.41, 5.74) is 2.08. The Morgan fingerprint density at radius 2 is 2.10 bits per heavy atom. The van der Waals surface area contributed by atoms with Crippen LogP contribution in [0, 0.1) is 0 Å². The van der Waals surface area contributed by atoms with Crippen LogP contribution in [0.3, 0.4) is 0 Å². The Labute approximate surface area is 133 Å². The SMILES string of the molecule is COC(=O)c1cc(NCCc2ccc(Cl)cc2Cl)ccn1. The van der Waals surface area contributed by atoms with E-state index in [4.69, 9.17) is 23.2 Å². The van der Waals surface area contributed by atoms with Gasteiger partial charge in [-0.2, -0.15) is 0 Å². The molecule has 0 radical (unpaired) electrons. The zero-order valence-corrected chi connectivity index (χ0v) is 12.9. The van der Waals surface area contributed by atoms with E-state index in [1.54, 1.807) is 24.4 Å². The highest BCUT2D eigenvalue weighted by Crippen LogP contribution is 2.21. The number of halogens is 2. The van der Waals surface area contributed by atoms with E-state index in [9.17, 15) is 4.79 Å². The molecule has 0 aliphatic heterocycles. The van der Waals surface area contributed by atoms with Gasteiger partial charge in [-0.15, -0.1) is 0 Å². The minimum atomic E-state index is -0.459. The first-order valence-electron chi connectivity index (χ1n) is 6.32. The van der Waals surface area contributed by atoms with Gasteiger partial charge in [0.15, 0.2) is 0 Å². The van der Waals surface area contributed by atoms with Crippen LogP contribution in [0.1, 0.15) is 16.1 Å². The van der Waals surface area contributed by atoms with Crippen molar-refractivity contribution in [2.45, 2.75) is 6.42 Å². The smallest absolute Gasteiger partial charge is 0.356 e. The number of carbonyl (C=O) groups is 1. The van der Waals surface area contributed by atoms with E-state index >= 15 is 0 Å². The van der Waals surface area contributed by atoms with Gasteiger partial charge >= 0.3 is 5.97 Å². The number of hydrogen-bond acceptors (Lipinski definition) is 4. The number of ether oxygens (including phenoxy) is 1. The van der Waals surface area contributed by atoms with Gasteiger partial charge in [0.1, 0.15) is 5.69 Å². The average molecular weight is 325 g/mol. The van der Waals surface area contributed by atoms with Crippen LogP contribution in [-0.2, 0) is 11.2 Å². The molecule has 1 N–H and O–H groups in total. The van der Waals surface area contributed by atoms with Crippen LogP contribution in [0.4, 0.5) is 5.69 Å². The first-order valence-corrected chi connectivity index (χ1v) is 7.08. The zero-order valence-electron chi connectivity index (χ0n) is 11.4. The summed E-state index contributed by atoms with van der Waals surface area (Å²) in [6, 6.07) is 8.87. The summed E-state index contributed by atoms with van der Waals surface area (Å²) < 4.78 is 4.63. The van der Waals surface area contributed by atoms with Gasteiger partial charge in [0.2, 0.25) is 0 Å². The third kappa shape index (κ3) is 4.34. The van der Waals surface area contributed by atoms with Crippen LogP contribution < -0.4 is 5.32 Å². The van der Waals surface area contributed by atoms with Gasteiger partial charge in [-0.05, 0) is 36.2 Å². The van der Waals surface area contributed by atoms with E-state index < -0.39 is 5.97 Å². The topological polar surface area (TPSA) is 51.2 Å². The molecule has 110 valence electrons. The summed E-state index contributed by atoms with van der Waals surface area (Å²) in [4.78, 5) is 15.3. The van der Waals surface area contributed by atoms with Gasteiger partial charge in [0.05, 0.1) is 7.11 Å². The molecular weight excluding hydrogens is 311 g/mol. The van der Waals surface area contributed by atoms with Gasteiger partial charge < -0.3 is 10.1 Å². The van der Waals surface area contributed by atoms with E-state index in [-0.39, 0.29) is 5.69 Å². The van der Waals surface area contributed by atoms with Gasteiger partial charge in [0, 0.05) is 28.5 Å². The van der Waals surface area contributed by atoms with E-state index in [0.717, 1.165) is 17.7 Å². The number of aromatic nitrogens is 1. The number of pyridine rings is 1. The van der Waals surface area contributed by atoms with E-state index in [1.807, 2.05) is 12.1 Å². The van der Waals surface area contributed by atoms with Crippen LogP contribution >= 0.6 is 23.2 Å². The number of benzene rings is 1. The highest BCUT2D eigenvalue weighted by molar-refractivity contribution is 6.35. The Morgan fingerprint density at radius 3 is 2.81 bits per heavy atom. The van der Waals surface area contributed by atoms with E-state index in [1.165, 1.54) is 7.11 Å². The number of esters is 1. The second-order valence-corrected chi connectivity index (χ2v) is 5.18. The molecule has 0 aliphatic carbocycles. The van der Waals surface area contributed by atoms with Crippen molar-refractivity contribution in [2.75, 3.05) is 19.0 Å². The van der Waals surface area contributed by atoms with Crippen molar-refractivity contribution in [2.24, 2.45) is 0 Å². The molecule has 2 rings (SSSR count). The molecule has 4 nitrogen and oxygen atoms in total. The molecule has 0 unspecified atom stereocenters. The summed E-state index contributed by atoms with van der Waals surface area (Å²) in [6.45, 7) is 0.673. The van der Waals surface area contributed by atoms with Crippen molar-refractivity contribution >= 4 is 34.9 Å². The predicted octanol–water partition coefficient (Wildman–Crippen LogP) is 3.83. The lowest BCUT2D eigenvalue weighted by Crippen LogP contribution is -2.08. The Kier molecular flexibility index (Phi) is 5.42. The molecular formula is C15H14Cl2N2O2. The number of methoxy groups -OCH3 is 1. The third-order valence-electron chi connectivity index (χ3n) is 2.89. The van der Waals surface area contributed by atoms with Crippen molar-refractivity contribution in [1.29, 1.82) is 0 Å². The third-order valence-corrected chi connectivity index (χ3v) is 3.48. The maximum Gasteiger partial charge on any atom is 0.356 e. The van der Waals surface area contributed by atoms with Gasteiger partial charge in [-0.3, -0.25) is 0 Å². The van der Waals surface area contributed by atoms with Crippen molar-refractivity contribution in [3.05, 3.63) is 57.8 Å². The molecule has 0 amide bonds. The Morgan fingerprint density at radius 1 is 1.29 bits per heavy atom. The van der Waals surface area contributed by atoms with Gasteiger partial charge in [-0.1, -0.05) is 29.3 Å². The van der Waals surface area contributed by atoms with Gasteiger partial charge in [0.25, 0.3) is 0 Å². The molecule has 0 fully saturated rings. The second-order valence-electron chi connectivity index (χ2n) is 4.33. The molecule has 0 bridgehead atoms. The molecule has 0 saturated heterocycles. The minimum absolute atomic E-state index is 0.270. The summed E-state index contributed by atoms with van der Waals surface area (Å²) in [6.07, 6.45) is 2.30. The van der Waals surface area contributed by atoms with Crippen molar-refractivity contribution in [3.63, 3.8) is 0 Å². The van der Waals surface area contributed by atoms with Crippen molar-refractivity contribution in [1.82, 2.24) is 4.98 Å². The lowest BCUT2D eigenvalue weighted by Gasteiger charge is -2.08. The predicted molar refractivity (Wildman–Crippen MR) is 84.2 cm³/mol. The largest absolute Gasteiger partial charge is 0.464 e. The first-order chi connectivity index (χ1) is 10.1. The molecule has 1 aromatic carbocycles. The molecule has 1 heterocycles. The van der Waals surface area contributed by atoms with Crippen LogP contribution in [0.2, 0.25) is 10.0 Å². The monoisotopic (exact) mass is 324 g/mol. The number of carbonyl (C=O) groups excluding carboxylic acids is 1. The van der Waals surface area contributed by atoms with Crippen LogP contribution in [0.25, 0.3) is 0 Å². The van der Waals surface area contributed by atoms with Crippen LogP contribution in [-0.4, -0.2) is 24.6 Å². The fraction of sp³-hybridized carbons (Fsp3) is 0.200. The van der Waals surface area contributed by atoms with E-state index in [0.29, 0.717) is 16.6 Å². The maximum atomic E-state index is 11.4. The summed E-state index contributed by atoms with van der Waals surface area (Å²) in [5, 5.41) is 4.48. The standard InChI is InChI=1S/C15H14Cl2N2O2/c1-21-15(20)14-9-12(5-7-19-14)18-6-4-10-2-3-11(16)8-13(10)17/h2-3,5,7-9H,4,6H2,1H3,(H,18,19). The van der Waals surface area contributed by atoms with Crippen molar-refractivity contribution in [3.8, 4) is 0 Å². The fourth-order valence-electron chi connectivity index (χ4n) is 1.82. The normalized spacial score (nSPS) is 10.2. The molecule has 1 aromatic heterocycles. The highest BCUT2D eigenvalue weighted by Gasteiger charge is 2.07. The van der Waals surface area contributed by atoms with Crippen LogP contribution in [0.5, 0.6) is 0 Å². The van der Waals surface area contributed by atoms with Gasteiger partial charge in [-0.25, -0.2) is 9.78 Å². The summed E-state index contributed by atoms with van der Waals surface area (Å²) in [5.74, 6) is -0.459. The number of anilines is 1. The number of nitrogens with one attached hydrogen (secondary N) is 1. The Bertz CT molecular complexity index is 647. The molecule has 0 aliphatic rings. The average Bonchev–Trinajstić information content (AvgIpc) is 2.49. The van der Waals surface area contributed by atoms with Crippen molar-refractivity contribution < 1.29 is 9.53 Å². The molecule has 0 atom stereocenters. The highest BCUT2D eigenvalue weighted by atomic mass is 35.5. The number of rotatable bonds is 5. The lowest BCUT2D eigenvalue weighted by molar-refractivity contribution is 0.0594. The molecule has 6 heteroatoms. The second kappa shape index (κ2) is 7.29. The zero-order chi connectivity index (χ0) is 15.2. The molecule has 0 saturated carbocycles. The fourth-order valence-corrected chi connectivity index (χ4v) is 2.33. The van der Waals surface area contributed by atoms with Crippen LogP contribution in [0.15, 0.2) is 36.5 Å². The number of hydrogen-bond donors (Lipinski definition) is 1. The summed E-state index contributed by atoms with van der Waals surface area (Å²) in [7, 11) is 1.33. The Balaban J connectivity index is 1.95. The molecule has 0 spiro atoms. The molecule has 2 aromatic rings. The molecule has 21 heavy (non-hydrogen) atoms. The minimum Gasteiger partial charge on any atom is -0.464 e. The summed E-state index contributed by atoms with van der Waals surface area (Å²) >= 11 is 12.0. The Hall–Kier alpha value is -1.78. The van der Waals surface area contributed by atoms with E-state index in [2.05, 4.69) is 15.0 Å². The first kappa shape index (κ1) is 15.6. The number of nitrogens with zero attached hydrogens (tertiary/aromatic N) is 1.